The Morgan fingerprint density at radius 3 is 2.43 bits per heavy atom. The zero-order valence-electron chi connectivity index (χ0n) is 7.50. The molecule has 78 valence electrons. The molecule has 0 aliphatic heterocycles. The number of hydrogen-bond donors (Lipinski definition) is 2. The van der Waals surface area contributed by atoms with Crippen LogP contribution in [0.2, 0.25) is 5.02 Å². The van der Waals surface area contributed by atoms with Gasteiger partial charge in [-0.2, -0.15) is 0 Å². The zero-order valence-corrected chi connectivity index (χ0v) is 9.07. The van der Waals surface area contributed by atoms with Crippen molar-refractivity contribution in [3.8, 4) is 0 Å². The van der Waals surface area contributed by atoms with Crippen LogP contribution in [-0.4, -0.2) is 12.5 Å². The fraction of sp³-hybridized carbons (Fsp3) is 0.222. The molecule has 0 heterocycles. The summed E-state index contributed by atoms with van der Waals surface area (Å²) in [6.45, 7) is 0.515. The summed E-state index contributed by atoms with van der Waals surface area (Å²) in [6.07, 6.45) is 0. The highest BCUT2D eigenvalue weighted by Gasteiger charge is 1.96. The predicted octanol–water partition coefficient (Wildman–Crippen LogP) is 1.34. The quantitative estimate of drug-likeness (QED) is 0.830. The SMILES string of the molecule is Cl.NCC(=O)NCc1ccc(Cl)cc1. The molecule has 0 aliphatic rings. The van der Waals surface area contributed by atoms with Gasteiger partial charge < -0.3 is 11.1 Å². The summed E-state index contributed by atoms with van der Waals surface area (Å²) < 4.78 is 0. The summed E-state index contributed by atoms with van der Waals surface area (Å²) in [6, 6.07) is 7.29. The van der Waals surface area contributed by atoms with Crippen molar-refractivity contribution in [1.82, 2.24) is 5.32 Å². The normalized spacial score (nSPS) is 9.00. The molecule has 3 nitrogen and oxygen atoms in total. The number of nitrogens with one attached hydrogen (secondary N) is 1. The Hall–Kier alpha value is -0.770. The highest BCUT2D eigenvalue weighted by atomic mass is 35.5. The van der Waals surface area contributed by atoms with Gasteiger partial charge in [-0.05, 0) is 17.7 Å². The third-order valence-corrected chi connectivity index (χ3v) is 1.84. The smallest absolute Gasteiger partial charge is 0.234 e. The van der Waals surface area contributed by atoms with Crippen LogP contribution < -0.4 is 11.1 Å². The summed E-state index contributed by atoms with van der Waals surface area (Å²) >= 11 is 5.69. The minimum atomic E-state index is -0.157. The number of carbonyl (C=O) groups is 1. The molecule has 0 unspecified atom stereocenters. The van der Waals surface area contributed by atoms with Crippen LogP contribution in [0.5, 0.6) is 0 Å². The lowest BCUT2D eigenvalue weighted by atomic mass is 10.2. The van der Waals surface area contributed by atoms with Gasteiger partial charge in [0.1, 0.15) is 0 Å². The van der Waals surface area contributed by atoms with Gasteiger partial charge in [-0.3, -0.25) is 4.79 Å². The standard InChI is InChI=1S/C9H11ClN2O.ClH/c10-8-3-1-7(2-4-8)6-12-9(13)5-11;/h1-4H,5-6,11H2,(H,12,13);1H. The van der Waals surface area contributed by atoms with Crippen molar-refractivity contribution < 1.29 is 4.79 Å². The molecular weight excluding hydrogens is 223 g/mol. The van der Waals surface area contributed by atoms with Crippen molar-refractivity contribution in [3.63, 3.8) is 0 Å². The van der Waals surface area contributed by atoms with Crippen LogP contribution in [0.4, 0.5) is 0 Å². The first-order valence-electron chi connectivity index (χ1n) is 3.93. The van der Waals surface area contributed by atoms with Crippen LogP contribution in [0.25, 0.3) is 0 Å². The van der Waals surface area contributed by atoms with Crippen LogP contribution in [0, 0.1) is 0 Å². The molecule has 5 heteroatoms. The summed E-state index contributed by atoms with van der Waals surface area (Å²) in [5.41, 5.74) is 6.13. The first kappa shape index (κ1) is 13.2. The van der Waals surface area contributed by atoms with Gasteiger partial charge in [-0.15, -0.1) is 12.4 Å². The van der Waals surface area contributed by atoms with Crippen LogP contribution in [0.1, 0.15) is 5.56 Å². The van der Waals surface area contributed by atoms with Crippen molar-refractivity contribution in [3.05, 3.63) is 34.9 Å². The van der Waals surface area contributed by atoms with E-state index in [1.54, 1.807) is 12.1 Å². The molecule has 1 aromatic rings. The van der Waals surface area contributed by atoms with E-state index in [1.165, 1.54) is 0 Å². The number of hydrogen-bond acceptors (Lipinski definition) is 2. The summed E-state index contributed by atoms with van der Waals surface area (Å²) in [4.78, 5) is 10.8. The molecule has 1 aromatic carbocycles. The average molecular weight is 235 g/mol. The number of halogens is 2. The molecule has 0 aromatic heterocycles. The van der Waals surface area contributed by atoms with E-state index in [9.17, 15) is 4.79 Å². The van der Waals surface area contributed by atoms with Crippen LogP contribution >= 0.6 is 24.0 Å². The summed E-state index contributed by atoms with van der Waals surface area (Å²) in [5.74, 6) is -0.157. The number of nitrogens with two attached hydrogens (primary N) is 1. The number of benzene rings is 1. The van der Waals surface area contributed by atoms with Crippen LogP contribution in [0.15, 0.2) is 24.3 Å². The minimum Gasteiger partial charge on any atom is -0.351 e. The molecule has 0 aliphatic carbocycles. The molecule has 0 bridgehead atoms. The largest absolute Gasteiger partial charge is 0.351 e. The Balaban J connectivity index is 0.00000169. The second-order valence-corrected chi connectivity index (χ2v) is 3.04. The Morgan fingerprint density at radius 1 is 1.36 bits per heavy atom. The lowest BCUT2D eigenvalue weighted by Gasteiger charge is -2.02. The van der Waals surface area contributed by atoms with Crippen LogP contribution in [0.3, 0.4) is 0 Å². The topological polar surface area (TPSA) is 55.1 Å². The molecule has 0 saturated heterocycles. The molecule has 0 saturated carbocycles. The van der Waals surface area contributed by atoms with E-state index in [2.05, 4.69) is 5.32 Å². The average Bonchev–Trinajstić information content (AvgIpc) is 2.16. The summed E-state index contributed by atoms with van der Waals surface area (Å²) in [7, 11) is 0. The maximum absolute atomic E-state index is 10.8. The monoisotopic (exact) mass is 234 g/mol. The molecule has 0 fully saturated rings. The minimum absolute atomic E-state index is 0. The molecule has 3 N–H and O–H groups in total. The molecular formula is C9H12Cl2N2O. The van der Waals surface area contributed by atoms with Crippen molar-refractivity contribution >= 4 is 29.9 Å². The van der Waals surface area contributed by atoms with E-state index in [4.69, 9.17) is 17.3 Å². The van der Waals surface area contributed by atoms with E-state index in [-0.39, 0.29) is 24.9 Å². The third-order valence-electron chi connectivity index (χ3n) is 1.59. The van der Waals surface area contributed by atoms with E-state index in [0.29, 0.717) is 11.6 Å². The van der Waals surface area contributed by atoms with E-state index < -0.39 is 0 Å². The molecule has 0 atom stereocenters. The van der Waals surface area contributed by atoms with Gasteiger partial charge in [-0.1, -0.05) is 23.7 Å². The molecule has 0 spiro atoms. The van der Waals surface area contributed by atoms with Gasteiger partial charge in [0.25, 0.3) is 0 Å². The second kappa shape index (κ2) is 6.65. The Labute approximate surface area is 94.0 Å². The van der Waals surface area contributed by atoms with Gasteiger partial charge in [0.2, 0.25) is 5.91 Å². The van der Waals surface area contributed by atoms with Crippen molar-refractivity contribution in [2.45, 2.75) is 6.54 Å². The Kier molecular flexibility index (Phi) is 6.28. The fourth-order valence-electron chi connectivity index (χ4n) is 0.875. The fourth-order valence-corrected chi connectivity index (χ4v) is 1.00. The number of amides is 1. The number of rotatable bonds is 3. The zero-order chi connectivity index (χ0) is 9.68. The lowest BCUT2D eigenvalue weighted by molar-refractivity contribution is -0.119. The maximum Gasteiger partial charge on any atom is 0.234 e. The summed E-state index contributed by atoms with van der Waals surface area (Å²) in [5, 5.41) is 3.35. The van der Waals surface area contributed by atoms with Crippen LogP contribution in [-0.2, 0) is 11.3 Å². The van der Waals surface area contributed by atoms with Crippen molar-refractivity contribution in [1.29, 1.82) is 0 Å². The number of carbonyl (C=O) groups excluding carboxylic acids is 1. The molecule has 0 radical (unpaired) electrons. The van der Waals surface area contributed by atoms with Gasteiger partial charge >= 0.3 is 0 Å². The Bertz CT molecular complexity index is 287. The highest BCUT2D eigenvalue weighted by Crippen LogP contribution is 2.08. The van der Waals surface area contributed by atoms with E-state index >= 15 is 0 Å². The Morgan fingerprint density at radius 2 is 1.93 bits per heavy atom. The highest BCUT2D eigenvalue weighted by molar-refractivity contribution is 6.30. The molecule has 14 heavy (non-hydrogen) atoms. The van der Waals surface area contributed by atoms with E-state index in [0.717, 1.165) is 5.56 Å². The predicted molar refractivity (Wildman–Crippen MR) is 59.6 cm³/mol. The van der Waals surface area contributed by atoms with E-state index in [1.807, 2.05) is 12.1 Å². The third kappa shape index (κ3) is 4.46. The van der Waals surface area contributed by atoms with Gasteiger partial charge in [0, 0.05) is 11.6 Å². The first-order valence-corrected chi connectivity index (χ1v) is 4.31. The van der Waals surface area contributed by atoms with Gasteiger partial charge in [0.15, 0.2) is 0 Å². The van der Waals surface area contributed by atoms with Crippen molar-refractivity contribution in [2.24, 2.45) is 5.73 Å². The second-order valence-electron chi connectivity index (χ2n) is 2.61. The van der Waals surface area contributed by atoms with Gasteiger partial charge in [-0.25, -0.2) is 0 Å². The van der Waals surface area contributed by atoms with Gasteiger partial charge in [0.05, 0.1) is 6.54 Å². The lowest BCUT2D eigenvalue weighted by Crippen LogP contribution is -2.29. The molecule has 1 amide bonds. The maximum atomic E-state index is 10.8. The molecule has 1 rings (SSSR count). The first-order chi connectivity index (χ1) is 6.22. The van der Waals surface area contributed by atoms with Crippen molar-refractivity contribution in [2.75, 3.05) is 6.54 Å².